The molecule has 0 aromatic heterocycles. The lowest BCUT2D eigenvalue weighted by molar-refractivity contribution is -0.483. The molecule has 3 aromatic rings. The number of hydrogen-bond donors (Lipinski definition) is 0. The molecule has 1 unspecified atom stereocenters. The Morgan fingerprint density at radius 1 is 0.933 bits per heavy atom. The van der Waals surface area contributed by atoms with Crippen molar-refractivity contribution in [3.63, 3.8) is 0 Å². The molecule has 0 spiro atoms. The number of non-ortho nitro benzene ring substituents is 1. The molecule has 0 radical (unpaired) electrons. The van der Waals surface area contributed by atoms with Crippen molar-refractivity contribution in [1.29, 1.82) is 0 Å². The second-order valence-electron chi connectivity index (χ2n) is 6.84. The van der Waals surface area contributed by atoms with Gasteiger partial charge in [-0.2, -0.15) is 0 Å². The standard InChI is InChI=1S/C22H16ClN3O4/c23-17-7-10-18(11-8-17)25-21(15-4-2-1-3-5-15)12-16-6-9-19(26(29)30)13-20(16)22(25)14-24(27)28/h1-13,22H,14H2. The molecule has 30 heavy (non-hydrogen) atoms. The molecule has 0 amide bonds. The first-order valence-corrected chi connectivity index (χ1v) is 9.54. The van der Waals surface area contributed by atoms with Gasteiger partial charge in [0.1, 0.15) is 6.04 Å². The number of nitro benzene ring substituents is 1. The number of benzene rings is 3. The van der Waals surface area contributed by atoms with Gasteiger partial charge in [-0.15, -0.1) is 0 Å². The van der Waals surface area contributed by atoms with E-state index in [9.17, 15) is 20.2 Å². The molecule has 3 aromatic carbocycles. The van der Waals surface area contributed by atoms with Gasteiger partial charge in [0.2, 0.25) is 6.54 Å². The maximum Gasteiger partial charge on any atom is 0.269 e. The van der Waals surface area contributed by atoms with Gasteiger partial charge in [0.25, 0.3) is 5.69 Å². The second-order valence-corrected chi connectivity index (χ2v) is 7.28. The predicted molar refractivity (Wildman–Crippen MR) is 116 cm³/mol. The number of nitro groups is 2. The Morgan fingerprint density at radius 2 is 1.63 bits per heavy atom. The van der Waals surface area contributed by atoms with Gasteiger partial charge >= 0.3 is 0 Å². The number of anilines is 1. The minimum absolute atomic E-state index is 0.102. The molecule has 7 nitrogen and oxygen atoms in total. The van der Waals surface area contributed by atoms with Crippen LogP contribution in [-0.2, 0) is 0 Å². The third kappa shape index (κ3) is 3.75. The van der Waals surface area contributed by atoms with Crippen LogP contribution in [0.25, 0.3) is 11.8 Å². The summed E-state index contributed by atoms with van der Waals surface area (Å²) >= 11 is 6.05. The molecule has 0 saturated carbocycles. The van der Waals surface area contributed by atoms with Crippen molar-refractivity contribution in [2.45, 2.75) is 6.04 Å². The van der Waals surface area contributed by atoms with E-state index in [2.05, 4.69) is 0 Å². The average molecular weight is 422 g/mol. The fourth-order valence-corrected chi connectivity index (χ4v) is 3.82. The van der Waals surface area contributed by atoms with Crippen LogP contribution in [0.1, 0.15) is 22.7 Å². The van der Waals surface area contributed by atoms with Crippen LogP contribution in [0.3, 0.4) is 0 Å². The maximum atomic E-state index is 11.6. The van der Waals surface area contributed by atoms with Gasteiger partial charge in [0, 0.05) is 33.5 Å². The van der Waals surface area contributed by atoms with Crippen molar-refractivity contribution < 1.29 is 9.85 Å². The van der Waals surface area contributed by atoms with Crippen LogP contribution in [0.15, 0.2) is 72.8 Å². The number of hydrogen-bond acceptors (Lipinski definition) is 5. The first-order valence-electron chi connectivity index (χ1n) is 9.16. The van der Waals surface area contributed by atoms with E-state index < -0.39 is 22.4 Å². The van der Waals surface area contributed by atoms with E-state index in [0.29, 0.717) is 16.3 Å². The van der Waals surface area contributed by atoms with Crippen molar-refractivity contribution in [2.75, 3.05) is 11.4 Å². The fraction of sp³-hybridized carbons (Fsp3) is 0.0909. The molecule has 1 aliphatic heterocycles. The van der Waals surface area contributed by atoms with Crippen LogP contribution >= 0.6 is 11.6 Å². The highest BCUT2D eigenvalue weighted by Gasteiger charge is 2.35. The lowest BCUT2D eigenvalue weighted by Gasteiger charge is -2.37. The molecule has 0 aliphatic carbocycles. The van der Waals surface area contributed by atoms with Gasteiger partial charge in [-0.25, -0.2) is 0 Å². The van der Waals surface area contributed by atoms with Gasteiger partial charge in [-0.3, -0.25) is 20.2 Å². The number of halogens is 1. The van der Waals surface area contributed by atoms with Crippen LogP contribution in [0.5, 0.6) is 0 Å². The topological polar surface area (TPSA) is 89.5 Å². The van der Waals surface area contributed by atoms with Crippen molar-refractivity contribution in [2.24, 2.45) is 0 Å². The highest BCUT2D eigenvalue weighted by Crippen LogP contribution is 2.43. The zero-order chi connectivity index (χ0) is 21.3. The Kier molecular flexibility index (Phi) is 5.20. The summed E-state index contributed by atoms with van der Waals surface area (Å²) in [6, 6.07) is 20.3. The summed E-state index contributed by atoms with van der Waals surface area (Å²) in [7, 11) is 0. The van der Waals surface area contributed by atoms with Gasteiger partial charge < -0.3 is 4.90 Å². The molecular formula is C22H16ClN3O4. The molecule has 150 valence electrons. The minimum atomic E-state index is -0.726. The monoisotopic (exact) mass is 421 g/mol. The van der Waals surface area contributed by atoms with Gasteiger partial charge in [0.05, 0.1) is 4.92 Å². The first kappa shape index (κ1) is 19.6. The van der Waals surface area contributed by atoms with Gasteiger partial charge in [0.15, 0.2) is 0 Å². The highest BCUT2D eigenvalue weighted by molar-refractivity contribution is 6.30. The van der Waals surface area contributed by atoms with Crippen LogP contribution in [0, 0.1) is 20.2 Å². The summed E-state index contributed by atoms with van der Waals surface area (Å²) in [4.78, 5) is 23.8. The normalized spacial score (nSPS) is 15.3. The zero-order valence-electron chi connectivity index (χ0n) is 15.6. The smallest absolute Gasteiger partial charge is 0.269 e. The van der Waals surface area contributed by atoms with Crippen molar-refractivity contribution in [3.8, 4) is 0 Å². The largest absolute Gasteiger partial charge is 0.327 e. The van der Waals surface area contributed by atoms with E-state index in [1.165, 1.54) is 12.1 Å². The lowest BCUT2D eigenvalue weighted by atomic mass is 9.90. The van der Waals surface area contributed by atoms with E-state index in [4.69, 9.17) is 11.6 Å². The van der Waals surface area contributed by atoms with E-state index >= 15 is 0 Å². The molecule has 0 N–H and O–H groups in total. The predicted octanol–water partition coefficient (Wildman–Crippen LogP) is 5.58. The maximum absolute atomic E-state index is 11.6. The molecule has 4 rings (SSSR count). The molecule has 8 heteroatoms. The third-order valence-electron chi connectivity index (χ3n) is 5.00. The summed E-state index contributed by atoms with van der Waals surface area (Å²) in [5.74, 6) is 0. The first-order chi connectivity index (χ1) is 14.4. The third-order valence-corrected chi connectivity index (χ3v) is 5.25. The molecule has 1 aliphatic rings. The van der Waals surface area contributed by atoms with Gasteiger partial charge in [-0.05, 0) is 53.1 Å². The van der Waals surface area contributed by atoms with Crippen LogP contribution in [-0.4, -0.2) is 16.4 Å². The van der Waals surface area contributed by atoms with Crippen LogP contribution in [0.4, 0.5) is 11.4 Å². The summed E-state index contributed by atoms with van der Waals surface area (Å²) in [6.45, 7) is -0.416. The molecular weight excluding hydrogens is 406 g/mol. The van der Waals surface area contributed by atoms with Crippen molar-refractivity contribution in [1.82, 2.24) is 0 Å². The Bertz CT molecular complexity index is 1150. The zero-order valence-corrected chi connectivity index (χ0v) is 16.4. The number of rotatable bonds is 5. The average Bonchev–Trinajstić information content (AvgIpc) is 2.74. The molecule has 0 saturated heterocycles. The van der Waals surface area contributed by atoms with Crippen LogP contribution < -0.4 is 4.90 Å². The molecule has 0 bridgehead atoms. The molecule has 1 atom stereocenters. The number of fused-ring (bicyclic) bond motifs is 1. The van der Waals surface area contributed by atoms with E-state index in [-0.39, 0.29) is 5.69 Å². The van der Waals surface area contributed by atoms with Crippen molar-refractivity contribution >= 4 is 34.7 Å². The number of nitrogens with zero attached hydrogens (tertiary/aromatic N) is 3. The summed E-state index contributed by atoms with van der Waals surface area (Å²) in [6.07, 6.45) is 1.90. The SMILES string of the molecule is O=[N+]([O-])CC1c2cc([N+](=O)[O-])ccc2C=C(c2ccccc2)N1c1ccc(Cl)cc1. The molecule has 0 fully saturated rings. The minimum Gasteiger partial charge on any atom is -0.327 e. The highest BCUT2D eigenvalue weighted by atomic mass is 35.5. The fourth-order valence-electron chi connectivity index (χ4n) is 3.69. The van der Waals surface area contributed by atoms with E-state index in [1.807, 2.05) is 41.3 Å². The Morgan fingerprint density at radius 3 is 2.27 bits per heavy atom. The summed E-state index contributed by atoms with van der Waals surface area (Å²) < 4.78 is 0. The Hall–Kier alpha value is -3.71. The Balaban J connectivity index is 1.97. The summed E-state index contributed by atoms with van der Waals surface area (Å²) in [5, 5.41) is 23.4. The second kappa shape index (κ2) is 7.96. The van der Waals surface area contributed by atoms with E-state index in [1.54, 1.807) is 30.3 Å². The van der Waals surface area contributed by atoms with Crippen LogP contribution in [0.2, 0.25) is 5.02 Å². The lowest BCUT2D eigenvalue weighted by Crippen LogP contribution is -2.35. The van der Waals surface area contributed by atoms with Gasteiger partial charge in [-0.1, -0.05) is 41.9 Å². The van der Waals surface area contributed by atoms with E-state index in [0.717, 1.165) is 16.8 Å². The van der Waals surface area contributed by atoms with Crippen molar-refractivity contribution in [3.05, 3.63) is 115 Å². The Labute approximate surface area is 177 Å². The molecule has 1 heterocycles. The summed E-state index contributed by atoms with van der Waals surface area (Å²) in [5.41, 5.74) is 3.51. The quantitative estimate of drug-likeness (QED) is 0.396.